The van der Waals surface area contributed by atoms with Gasteiger partial charge in [-0.3, -0.25) is 0 Å². The van der Waals surface area contributed by atoms with Gasteiger partial charge in [-0.2, -0.15) is 0 Å². The highest BCUT2D eigenvalue weighted by atomic mass is 35.5. The Kier molecular flexibility index (Phi) is 3.83. The summed E-state index contributed by atoms with van der Waals surface area (Å²) in [5.74, 6) is -0.838. The zero-order valence-corrected chi connectivity index (χ0v) is 12.9. The molecule has 0 aliphatic carbocycles. The molecular weight excluding hydrogens is 306 g/mol. The summed E-state index contributed by atoms with van der Waals surface area (Å²) in [4.78, 5) is 12.5. The summed E-state index contributed by atoms with van der Waals surface area (Å²) in [6.07, 6.45) is 0. The van der Waals surface area contributed by atoms with Crippen LogP contribution < -0.4 is 5.32 Å². The minimum Gasteiger partial charge on any atom is -0.480 e. The zero-order valence-electron chi connectivity index (χ0n) is 11.3. The quantitative estimate of drug-likeness (QED) is 0.882. The molecule has 0 bridgehead atoms. The first-order valence-corrected chi connectivity index (χ1v) is 7.82. The van der Waals surface area contributed by atoms with E-state index in [0.717, 1.165) is 21.7 Å². The molecule has 21 heavy (non-hydrogen) atoms. The van der Waals surface area contributed by atoms with Crippen molar-refractivity contribution in [3.8, 4) is 0 Å². The van der Waals surface area contributed by atoms with E-state index < -0.39 is 12.0 Å². The second-order valence-corrected chi connectivity index (χ2v) is 6.69. The Hall–Kier alpha value is -1.65. The summed E-state index contributed by atoms with van der Waals surface area (Å²) in [6, 6.07) is 12.9. The second kappa shape index (κ2) is 5.62. The molecule has 3 nitrogen and oxygen atoms in total. The molecule has 0 saturated carbocycles. The summed E-state index contributed by atoms with van der Waals surface area (Å²) in [5, 5.41) is 13.1. The number of carboxylic acid groups (broad SMARTS) is 1. The molecule has 3 rings (SSSR count). The van der Waals surface area contributed by atoms with Gasteiger partial charge in [-0.1, -0.05) is 23.7 Å². The van der Waals surface area contributed by atoms with Crippen LogP contribution in [-0.2, 0) is 4.79 Å². The van der Waals surface area contributed by atoms with E-state index in [-0.39, 0.29) is 5.25 Å². The van der Waals surface area contributed by atoms with Crippen molar-refractivity contribution >= 4 is 35.0 Å². The number of anilines is 1. The van der Waals surface area contributed by atoms with Crippen molar-refractivity contribution in [1.29, 1.82) is 0 Å². The van der Waals surface area contributed by atoms with Crippen LogP contribution in [0.25, 0.3) is 0 Å². The van der Waals surface area contributed by atoms with E-state index in [4.69, 9.17) is 11.6 Å². The number of carboxylic acids is 1. The highest BCUT2D eigenvalue weighted by molar-refractivity contribution is 7.99. The summed E-state index contributed by atoms with van der Waals surface area (Å²) < 4.78 is 0. The molecular formula is C16H14ClNO2S. The van der Waals surface area contributed by atoms with Crippen molar-refractivity contribution in [3.05, 3.63) is 58.6 Å². The van der Waals surface area contributed by atoms with Crippen molar-refractivity contribution < 1.29 is 9.90 Å². The lowest BCUT2D eigenvalue weighted by Crippen LogP contribution is -2.28. The fraction of sp³-hybridized carbons (Fsp3) is 0.188. The molecule has 2 aromatic carbocycles. The number of aliphatic carboxylic acids is 1. The lowest BCUT2D eigenvalue weighted by molar-refractivity contribution is -0.137. The smallest absolute Gasteiger partial charge is 0.327 e. The Morgan fingerprint density at radius 3 is 2.62 bits per heavy atom. The predicted octanol–water partition coefficient (Wildman–Crippen LogP) is 4.36. The third-order valence-electron chi connectivity index (χ3n) is 3.47. The topological polar surface area (TPSA) is 49.3 Å². The second-order valence-electron chi connectivity index (χ2n) is 5.04. The number of benzene rings is 2. The van der Waals surface area contributed by atoms with Crippen LogP contribution in [0.1, 0.15) is 16.4 Å². The molecule has 108 valence electrons. The van der Waals surface area contributed by atoms with Crippen LogP contribution >= 0.6 is 23.4 Å². The van der Waals surface area contributed by atoms with Crippen molar-refractivity contribution in [2.75, 3.05) is 5.32 Å². The molecule has 1 heterocycles. The Morgan fingerprint density at radius 1 is 1.24 bits per heavy atom. The lowest BCUT2D eigenvalue weighted by atomic mass is 10.1. The molecule has 0 amide bonds. The van der Waals surface area contributed by atoms with Crippen LogP contribution in [0.5, 0.6) is 0 Å². The number of hydrogen-bond acceptors (Lipinski definition) is 3. The van der Waals surface area contributed by atoms with Crippen molar-refractivity contribution in [1.82, 2.24) is 0 Å². The first-order valence-electron chi connectivity index (χ1n) is 6.57. The van der Waals surface area contributed by atoms with Gasteiger partial charge in [0.05, 0.1) is 5.25 Å². The van der Waals surface area contributed by atoms with E-state index in [0.29, 0.717) is 5.02 Å². The molecule has 0 spiro atoms. The molecule has 1 aliphatic rings. The molecule has 0 saturated heterocycles. The van der Waals surface area contributed by atoms with E-state index in [2.05, 4.69) is 5.32 Å². The van der Waals surface area contributed by atoms with Gasteiger partial charge in [0, 0.05) is 15.6 Å². The van der Waals surface area contributed by atoms with Gasteiger partial charge in [-0.25, -0.2) is 4.79 Å². The minimum atomic E-state index is -0.838. The Balaban J connectivity index is 1.94. The molecule has 1 aliphatic heterocycles. The van der Waals surface area contributed by atoms with Gasteiger partial charge >= 0.3 is 5.97 Å². The summed E-state index contributed by atoms with van der Waals surface area (Å²) in [7, 11) is 0. The standard InChI is InChI=1S/C16H14ClNO2S/c1-9-2-7-12-13(8-9)18-14(16(19)20)15(12)21-11-5-3-10(17)4-6-11/h2-8,14-15,18H,1H3,(H,19,20). The number of nitrogens with one attached hydrogen (secondary N) is 1. The van der Waals surface area contributed by atoms with Crippen molar-refractivity contribution in [2.45, 2.75) is 23.1 Å². The Morgan fingerprint density at radius 2 is 1.95 bits per heavy atom. The average Bonchev–Trinajstić information content (AvgIpc) is 2.79. The van der Waals surface area contributed by atoms with E-state index >= 15 is 0 Å². The molecule has 2 unspecified atom stereocenters. The molecule has 0 radical (unpaired) electrons. The largest absolute Gasteiger partial charge is 0.480 e. The summed E-state index contributed by atoms with van der Waals surface area (Å²) in [6.45, 7) is 2.00. The van der Waals surface area contributed by atoms with Crippen molar-refractivity contribution in [3.63, 3.8) is 0 Å². The van der Waals surface area contributed by atoms with Gasteiger partial charge < -0.3 is 10.4 Å². The third-order valence-corrected chi connectivity index (χ3v) is 5.05. The van der Waals surface area contributed by atoms with Gasteiger partial charge in [0.15, 0.2) is 0 Å². The highest BCUT2D eigenvalue weighted by Crippen LogP contribution is 2.46. The van der Waals surface area contributed by atoms with Crippen LogP contribution in [0.15, 0.2) is 47.4 Å². The maximum Gasteiger partial charge on any atom is 0.327 e. The van der Waals surface area contributed by atoms with Crippen LogP contribution in [-0.4, -0.2) is 17.1 Å². The molecule has 2 aromatic rings. The summed E-state index contributed by atoms with van der Waals surface area (Å²) in [5.41, 5.74) is 3.06. The van der Waals surface area contributed by atoms with Crippen LogP contribution in [0.3, 0.4) is 0 Å². The number of carbonyl (C=O) groups is 1. The predicted molar refractivity (Wildman–Crippen MR) is 86.3 cm³/mol. The third kappa shape index (κ3) is 2.87. The first-order chi connectivity index (χ1) is 10.0. The molecule has 5 heteroatoms. The molecule has 2 N–H and O–H groups in total. The van der Waals surface area contributed by atoms with Gasteiger partial charge in [0.25, 0.3) is 0 Å². The maximum absolute atomic E-state index is 11.5. The number of fused-ring (bicyclic) bond motifs is 1. The molecule has 2 atom stereocenters. The fourth-order valence-electron chi connectivity index (χ4n) is 2.45. The monoisotopic (exact) mass is 319 g/mol. The summed E-state index contributed by atoms with van der Waals surface area (Å²) >= 11 is 7.43. The fourth-order valence-corrected chi connectivity index (χ4v) is 3.81. The van der Waals surface area contributed by atoms with E-state index in [1.807, 2.05) is 49.4 Å². The highest BCUT2D eigenvalue weighted by Gasteiger charge is 2.37. The average molecular weight is 320 g/mol. The number of rotatable bonds is 3. The number of halogens is 1. The van der Waals surface area contributed by atoms with Crippen molar-refractivity contribution in [2.24, 2.45) is 0 Å². The number of thioether (sulfide) groups is 1. The van der Waals surface area contributed by atoms with E-state index in [1.54, 1.807) is 11.8 Å². The van der Waals surface area contributed by atoms with Crippen LogP contribution in [0, 0.1) is 6.92 Å². The van der Waals surface area contributed by atoms with E-state index in [9.17, 15) is 9.90 Å². The molecule has 0 fully saturated rings. The van der Waals surface area contributed by atoms with Gasteiger partial charge in [-0.15, -0.1) is 11.8 Å². The number of aryl methyl sites for hydroxylation is 1. The SMILES string of the molecule is Cc1ccc2c(c1)NC(C(=O)O)C2Sc1ccc(Cl)cc1. The van der Waals surface area contributed by atoms with Gasteiger partial charge in [0.1, 0.15) is 6.04 Å². The number of hydrogen-bond donors (Lipinski definition) is 2. The maximum atomic E-state index is 11.5. The Bertz CT molecular complexity index is 687. The van der Waals surface area contributed by atoms with Gasteiger partial charge in [0.2, 0.25) is 0 Å². The lowest BCUT2D eigenvalue weighted by Gasteiger charge is -2.16. The molecule has 0 aromatic heterocycles. The first kappa shape index (κ1) is 14.3. The van der Waals surface area contributed by atoms with Crippen LogP contribution in [0.2, 0.25) is 5.02 Å². The zero-order chi connectivity index (χ0) is 15.0. The van der Waals surface area contributed by atoms with E-state index in [1.165, 1.54) is 0 Å². The van der Waals surface area contributed by atoms with Crippen LogP contribution in [0.4, 0.5) is 5.69 Å². The Labute approximate surface area is 132 Å². The van der Waals surface area contributed by atoms with Gasteiger partial charge in [-0.05, 0) is 48.4 Å². The minimum absolute atomic E-state index is 0.153. The normalized spacial score (nSPS) is 19.9.